The van der Waals surface area contributed by atoms with E-state index < -0.39 is 0 Å². The molecule has 1 aromatic heterocycles. The molecule has 3 nitrogen and oxygen atoms in total. The van der Waals surface area contributed by atoms with Crippen LogP contribution in [0.1, 0.15) is 43.8 Å². The maximum atomic E-state index is 4.95. The van der Waals surface area contributed by atoms with Gasteiger partial charge in [0.05, 0.1) is 11.0 Å². The van der Waals surface area contributed by atoms with Gasteiger partial charge < -0.3 is 9.88 Å². The zero-order chi connectivity index (χ0) is 13.4. The van der Waals surface area contributed by atoms with Crippen molar-refractivity contribution in [3.05, 3.63) is 30.1 Å². The van der Waals surface area contributed by atoms with E-state index in [0.717, 1.165) is 12.5 Å². The fourth-order valence-electron chi connectivity index (χ4n) is 3.59. The summed E-state index contributed by atoms with van der Waals surface area (Å²) in [6, 6.07) is 8.66. The second-order valence-electron chi connectivity index (χ2n) is 6.39. The number of piperidine rings is 1. The number of rotatable bonds is 3. The van der Waals surface area contributed by atoms with E-state index in [1.807, 2.05) is 0 Å². The molecule has 20 heavy (non-hydrogen) atoms. The van der Waals surface area contributed by atoms with Crippen molar-refractivity contribution in [1.29, 1.82) is 0 Å². The quantitative estimate of drug-likeness (QED) is 0.926. The van der Waals surface area contributed by atoms with Crippen LogP contribution in [0.2, 0.25) is 0 Å². The average molecular weight is 269 g/mol. The second kappa shape index (κ2) is 5.21. The van der Waals surface area contributed by atoms with Crippen LogP contribution < -0.4 is 5.32 Å². The summed E-state index contributed by atoms with van der Waals surface area (Å²) in [6.07, 6.45) is 6.64. The lowest BCUT2D eigenvalue weighted by Crippen LogP contribution is -2.30. The van der Waals surface area contributed by atoms with Gasteiger partial charge in [0.1, 0.15) is 5.82 Å². The number of hydrogen-bond donors (Lipinski definition) is 1. The summed E-state index contributed by atoms with van der Waals surface area (Å²) in [7, 11) is 0. The van der Waals surface area contributed by atoms with Crippen LogP contribution in [0.15, 0.2) is 24.3 Å². The maximum absolute atomic E-state index is 4.95. The van der Waals surface area contributed by atoms with Crippen molar-refractivity contribution in [2.24, 2.45) is 5.92 Å². The normalized spacial score (nSPS) is 21.2. The van der Waals surface area contributed by atoms with Crippen LogP contribution in [0.5, 0.6) is 0 Å². The van der Waals surface area contributed by atoms with Gasteiger partial charge in [-0.3, -0.25) is 0 Å². The SMILES string of the molecule is c1ccc2c(c1)nc(C1CCC1)n2CC1CCNCC1. The third kappa shape index (κ3) is 2.14. The van der Waals surface area contributed by atoms with Gasteiger partial charge >= 0.3 is 0 Å². The van der Waals surface area contributed by atoms with Gasteiger partial charge in [-0.1, -0.05) is 18.6 Å². The first kappa shape index (κ1) is 12.4. The molecule has 2 aliphatic rings. The molecule has 1 aliphatic carbocycles. The Balaban J connectivity index is 1.70. The first-order valence-electron chi connectivity index (χ1n) is 8.08. The maximum Gasteiger partial charge on any atom is 0.112 e. The Morgan fingerprint density at radius 1 is 1.10 bits per heavy atom. The summed E-state index contributed by atoms with van der Waals surface area (Å²) in [5, 5.41) is 3.47. The van der Waals surface area contributed by atoms with Gasteiger partial charge in [0.25, 0.3) is 0 Å². The molecule has 1 N–H and O–H groups in total. The molecule has 4 rings (SSSR count). The van der Waals surface area contributed by atoms with E-state index >= 15 is 0 Å². The fourth-order valence-corrected chi connectivity index (χ4v) is 3.59. The molecule has 0 bridgehead atoms. The molecule has 1 aromatic carbocycles. The van der Waals surface area contributed by atoms with Crippen LogP contribution in [-0.4, -0.2) is 22.6 Å². The molecule has 1 saturated heterocycles. The van der Waals surface area contributed by atoms with Gasteiger partial charge in [0.15, 0.2) is 0 Å². The lowest BCUT2D eigenvalue weighted by Gasteiger charge is -2.28. The lowest BCUT2D eigenvalue weighted by molar-refractivity contribution is 0.318. The third-order valence-electron chi connectivity index (χ3n) is 5.05. The summed E-state index contributed by atoms with van der Waals surface area (Å²) >= 11 is 0. The van der Waals surface area contributed by atoms with E-state index in [4.69, 9.17) is 4.98 Å². The van der Waals surface area contributed by atoms with Crippen LogP contribution in [0, 0.1) is 5.92 Å². The Morgan fingerprint density at radius 2 is 1.90 bits per heavy atom. The minimum atomic E-state index is 0.712. The first-order chi connectivity index (χ1) is 9.92. The largest absolute Gasteiger partial charge is 0.327 e. The highest BCUT2D eigenvalue weighted by Crippen LogP contribution is 2.37. The number of nitrogens with zero attached hydrogens (tertiary/aromatic N) is 2. The Kier molecular flexibility index (Phi) is 3.23. The zero-order valence-corrected chi connectivity index (χ0v) is 12.0. The summed E-state index contributed by atoms with van der Waals surface area (Å²) in [5.41, 5.74) is 2.52. The van der Waals surface area contributed by atoms with E-state index in [9.17, 15) is 0 Å². The fraction of sp³-hybridized carbons (Fsp3) is 0.588. The van der Waals surface area contributed by atoms with Gasteiger partial charge in [-0.2, -0.15) is 0 Å². The second-order valence-corrected chi connectivity index (χ2v) is 6.39. The number of fused-ring (bicyclic) bond motifs is 1. The highest BCUT2D eigenvalue weighted by Gasteiger charge is 2.27. The van der Waals surface area contributed by atoms with Crippen LogP contribution in [0.4, 0.5) is 0 Å². The molecule has 2 fully saturated rings. The van der Waals surface area contributed by atoms with E-state index in [1.54, 1.807) is 0 Å². The molecule has 3 heteroatoms. The predicted molar refractivity (Wildman–Crippen MR) is 81.9 cm³/mol. The van der Waals surface area contributed by atoms with Crippen molar-refractivity contribution in [1.82, 2.24) is 14.9 Å². The van der Waals surface area contributed by atoms with Crippen molar-refractivity contribution < 1.29 is 0 Å². The summed E-state index contributed by atoms with van der Waals surface area (Å²) in [5.74, 6) is 2.88. The van der Waals surface area contributed by atoms with Gasteiger partial charge in [0.2, 0.25) is 0 Å². The van der Waals surface area contributed by atoms with Gasteiger partial charge in [-0.25, -0.2) is 4.98 Å². The molecule has 1 saturated carbocycles. The van der Waals surface area contributed by atoms with Gasteiger partial charge in [-0.05, 0) is 56.8 Å². The average Bonchev–Trinajstić information content (AvgIpc) is 2.77. The standard InChI is InChI=1S/C17H23N3/c1-2-7-16-15(6-1)19-17(14-4-3-5-14)20(16)12-13-8-10-18-11-9-13/h1-2,6-7,13-14,18H,3-5,8-12H2. The molecule has 2 aromatic rings. The topological polar surface area (TPSA) is 29.9 Å². The number of aromatic nitrogens is 2. The smallest absolute Gasteiger partial charge is 0.112 e. The number of para-hydroxylation sites is 2. The van der Waals surface area contributed by atoms with Crippen molar-refractivity contribution in [2.75, 3.05) is 13.1 Å². The monoisotopic (exact) mass is 269 g/mol. The molecule has 2 heterocycles. The molecular formula is C17H23N3. The van der Waals surface area contributed by atoms with Crippen molar-refractivity contribution >= 4 is 11.0 Å². The highest BCUT2D eigenvalue weighted by atomic mass is 15.1. The van der Waals surface area contributed by atoms with E-state index in [0.29, 0.717) is 5.92 Å². The van der Waals surface area contributed by atoms with E-state index in [1.165, 1.54) is 62.1 Å². The molecule has 0 amide bonds. The van der Waals surface area contributed by atoms with E-state index in [-0.39, 0.29) is 0 Å². The summed E-state index contributed by atoms with van der Waals surface area (Å²) in [6.45, 7) is 3.51. The van der Waals surface area contributed by atoms with Crippen molar-refractivity contribution in [3.63, 3.8) is 0 Å². The molecule has 1 aliphatic heterocycles. The number of imidazole rings is 1. The number of hydrogen-bond acceptors (Lipinski definition) is 2. The Morgan fingerprint density at radius 3 is 2.65 bits per heavy atom. The molecular weight excluding hydrogens is 246 g/mol. The molecule has 0 radical (unpaired) electrons. The van der Waals surface area contributed by atoms with Crippen LogP contribution in [-0.2, 0) is 6.54 Å². The number of benzene rings is 1. The zero-order valence-electron chi connectivity index (χ0n) is 12.0. The lowest BCUT2D eigenvalue weighted by atomic mass is 9.84. The molecule has 0 atom stereocenters. The van der Waals surface area contributed by atoms with Crippen LogP contribution >= 0.6 is 0 Å². The predicted octanol–water partition coefficient (Wildman–Crippen LogP) is 3.30. The van der Waals surface area contributed by atoms with Gasteiger partial charge in [0, 0.05) is 12.5 Å². The van der Waals surface area contributed by atoms with Gasteiger partial charge in [-0.15, -0.1) is 0 Å². The molecule has 0 spiro atoms. The first-order valence-corrected chi connectivity index (χ1v) is 8.08. The summed E-state index contributed by atoms with van der Waals surface area (Å²) in [4.78, 5) is 4.95. The summed E-state index contributed by atoms with van der Waals surface area (Å²) < 4.78 is 2.54. The molecule has 0 unspecified atom stereocenters. The Bertz CT molecular complexity index is 591. The van der Waals surface area contributed by atoms with Crippen molar-refractivity contribution in [3.8, 4) is 0 Å². The minimum absolute atomic E-state index is 0.712. The van der Waals surface area contributed by atoms with Crippen LogP contribution in [0.3, 0.4) is 0 Å². The van der Waals surface area contributed by atoms with Crippen LogP contribution in [0.25, 0.3) is 11.0 Å². The third-order valence-corrected chi connectivity index (χ3v) is 5.05. The Labute approximate surface area is 120 Å². The number of nitrogens with one attached hydrogen (secondary N) is 1. The molecule has 106 valence electrons. The van der Waals surface area contributed by atoms with E-state index in [2.05, 4.69) is 34.1 Å². The Hall–Kier alpha value is -1.35. The highest BCUT2D eigenvalue weighted by molar-refractivity contribution is 5.76. The van der Waals surface area contributed by atoms with Crippen molar-refractivity contribution in [2.45, 2.75) is 44.6 Å². The minimum Gasteiger partial charge on any atom is -0.327 e.